The molecule has 0 radical (unpaired) electrons. The molecule has 1 atom stereocenters. The maximum atomic E-state index is 13.5. The van der Waals surface area contributed by atoms with Crippen molar-refractivity contribution in [3.63, 3.8) is 0 Å². The van der Waals surface area contributed by atoms with Gasteiger partial charge in [0.15, 0.2) is 0 Å². The molecule has 1 aromatic carbocycles. The molecule has 0 fully saturated rings. The molecular weight excluding hydrogens is 228 g/mol. The van der Waals surface area contributed by atoms with Gasteiger partial charge in [-0.15, -0.1) is 0 Å². The zero-order valence-corrected chi connectivity index (χ0v) is 8.92. The van der Waals surface area contributed by atoms with Gasteiger partial charge in [-0.3, -0.25) is 4.68 Å². The number of nitrogens with zero attached hydrogens (tertiary/aromatic N) is 3. The summed E-state index contributed by atoms with van der Waals surface area (Å²) >= 11 is 0. The Hall–Kier alpha value is -1.82. The Kier molecular flexibility index (Phi) is 3.43. The second-order valence-corrected chi connectivity index (χ2v) is 3.66. The van der Waals surface area contributed by atoms with Crippen LogP contribution in [0.3, 0.4) is 0 Å². The Morgan fingerprint density at radius 2 is 2.18 bits per heavy atom. The molecule has 0 aliphatic carbocycles. The summed E-state index contributed by atoms with van der Waals surface area (Å²) in [5, 5.41) is 13.1. The van der Waals surface area contributed by atoms with Gasteiger partial charge in [-0.1, -0.05) is 6.07 Å². The van der Waals surface area contributed by atoms with Crippen molar-refractivity contribution < 1.29 is 13.9 Å². The summed E-state index contributed by atoms with van der Waals surface area (Å²) < 4.78 is 27.8. The molecule has 6 heteroatoms. The average molecular weight is 239 g/mol. The van der Waals surface area contributed by atoms with Crippen molar-refractivity contribution in [3.05, 3.63) is 48.1 Å². The standard InChI is InChI=1S/C11H11F2N3O/c12-9-1-2-10(11(13)3-9)8(5-17)4-16-7-14-6-15-16/h1-3,6-8,17H,4-5H2. The van der Waals surface area contributed by atoms with Gasteiger partial charge in [0, 0.05) is 12.0 Å². The predicted octanol–water partition coefficient (Wildman–Crippen LogP) is 1.33. The van der Waals surface area contributed by atoms with Crippen LogP contribution in [-0.4, -0.2) is 26.5 Å². The molecule has 0 bridgehead atoms. The molecule has 17 heavy (non-hydrogen) atoms. The minimum atomic E-state index is -0.663. The van der Waals surface area contributed by atoms with Gasteiger partial charge in [-0.25, -0.2) is 13.8 Å². The van der Waals surface area contributed by atoms with Crippen molar-refractivity contribution in [1.29, 1.82) is 0 Å². The number of rotatable bonds is 4. The van der Waals surface area contributed by atoms with Gasteiger partial charge < -0.3 is 5.11 Å². The summed E-state index contributed by atoms with van der Waals surface area (Å²) in [6.45, 7) is 0.0431. The zero-order chi connectivity index (χ0) is 12.3. The van der Waals surface area contributed by atoms with Crippen LogP contribution in [0.25, 0.3) is 0 Å². The highest BCUT2D eigenvalue weighted by molar-refractivity contribution is 5.22. The fraction of sp³-hybridized carbons (Fsp3) is 0.273. The average Bonchev–Trinajstić information content (AvgIpc) is 2.79. The number of aromatic nitrogens is 3. The van der Waals surface area contributed by atoms with Crippen molar-refractivity contribution in [2.45, 2.75) is 12.5 Å². The number of benzene rings is 1. The molecule has 1 N–H and O–H groups in total. The lowest BCUT2D eigenvalue weighted by atomic mass is 9.99. The molecule has 0 spiro atoms. The van der Waals surface area contributed by atoms with E-state index in [4.69, 9.17) is 0 Å². The monoisotopic (exact) mass is 239 g/mol. The largest absolute Gasteiger partial charge is 0.396 e. The van der Waals surface area contributed by atoms with Crippen LogP contribution >= 0.6 is 0 Å². The molecule has 2 rings (SSSR count). The number of hydrogen-bond donors (Lipinski definition) is 1. The number of aliphatic hydroxyl groups is 1. The van der Waals surface area contributed by atoms with Crippen molar-refractivity contribution in [3.8, 4) is 0 Å². The first kappa shape index (κ1) is 11.7. The summed E-state index contributed by atoms with van der Waals surface area (Å²) in [4.78, 5) is 3.76. The van der Waals surface area contributed by atoms with Crippen molar-refractivity contribution in [2.24, 2.45) is 0 Å². The Morgan fingerprint density at radius 1 is 1.35 bits per heavy atom. The SMILES string of the molecule is OCC(Cn1cncn1)c1ccc(F)cc1F. The highest BCUT2D eigenvalue weighted by Gasteiger charge is 2.16. The van der Waals surface area contributed by atoms with E-state index < -0.39 is 17.6 Å². The Bertz CT molecular complexity index is 487. The molecular formula is C11H11F2N3O. The highest BCUT2D eigenvalue weighted by Crippen LogP contribution is 2.21. The normalized spacial score (nSPS) is 12.6. The van der Waals surface area contributed by atoms with E-state index in [0.29, 0.717) is 6.54 Å². The molecule has 1 unspecified atom stereocenters. The lowest BCUT2D eigenvalue weighted by molar-refractivity contribution is 0.246. The second kappa shape index (κ2) is 5.01. The molecule has 0 saturated heterocycles. The summed E-state index contributed by atoms with van der Waals surface area (Å²) in [6, 6.07) is 3.31. The number of halogens is 2. The van der Waals surface area contributed by atoms with E-state index in [1.807, 2.05) is 0 Å². The molecule has 1 aromatic heterocycles. The van der Waals surface area contributed by atoms with Crippen molar-refractivity contribution in [2.75, 3.05) is 6.61 Å². The molecule has 1 heterocycles. The van der Waals surface area contributed by atoms with Crippen LogP contribution in [0.1, 0.15) is 11.5 Å². The molecule has 4 nitrogen and oxygen atoms in total. The van der Waals surface area contributed by atoms with Crippen LogP contribution in [-0.2, 0) is 6.54 Å². The molecule has 0 aliphatic heterocycles. The smallest absolute Gasteiger partial charge is 0.137 e. The fourth-order valence-corrected chi connectivity index (χ4v) is 1.64. The van der Waals surface area contributed by atoms with Crippen LogP contribution in [0.5, 0.6) is 0 Å². The lowest BCUT2D eigenvalue weighted by Gasteiger charge is -2.15. The van der Waals surface area contributed by atoms with Crippen LogP contribution in [0.15, 0.2) is 30.9 Å². The van der Waals surface area contributed by atoms with Gasteiger partial charge in [-0.05, 0) is 11.6 Å². The first-order valence-corrected chi connectivity index (χ1v) is 5.09. The van der Waals surface area contributed by atoms with Gasteiger partial charge in [0.05, 0.1) is 13.2 Å². The zero-order valence-electron chi connectivity index (χ0n) is 8.92. The Balaban J connectivity index is 2.23. The minimum absolute atomic E-state index is 0.248. The van der Waals surface area contributed by atoms with E-state index in [2.05, 4.69) is 10.1 Å². The Morgan fingerprint density at radius 3 is 2.76 bits per heavy atom. The van der Waals surface area contributed by atoms with Crippen molar-refractivity contribution in [1.82, 2.24) is 14.8 Å². The van der Waals surface area contributed by atoms with Gasteiger partial charge in [0.25, 0.3) is 0 Å². The molecule has 2 aromatic rings. The number of hydrogen-bond acceptors (Lipinski definition) is 3. The van der Waals surface area contributed by atoms with E-state index in [1.54, 1.807) is 0 Å². The van der Waals surface area contributed by atoms with Crippen LogP contribution in [0.4, 0.5) is 8.78 Å². The molecule has 0 saturated carbocycles. The van der Waals surface area contributed by atoms with Gasteiger partial charge in [0.1, 0.15) is 24.3 Å². The third kappa shape index (κ3) is 2.65. The Labute approximate surface area is 96.5 Å². The predicted molar refractivity (Wildman–Crippen MR) is 56.2 cm³/mol. The summed E-state index contributed by atoms with van der Waals surface area (Å²) in [5.74, 6) is -1.77. The molecule has 90 valence electrons. The third-order valence-electron chi connectivity index (χ3n) is 2.50. The third-order valence-corrected chi connectivity index (χ3v) is 2.50. The van der Waals surface area contributed by atoms with Gasteiger partial charge in [0.2, 0.25) is 0 Å². The van der Waals surface area contributed by atoms with Crippen LogP contribution in [0, 0.1) is 11.6 Å². The van der Waals surface area contributed by atoms with E-state index in [-0.39, 0.29) is 12.2 Å². The van der Waals surface area contributed by atoms with Crippen molar-refractivity contribution >= 4 is 0 Å². The highest BCUT2D eigenvalue weighted by atomic mass is 19.1. The van der Waals surface area contributed by atoms with E-state index in [1.165, 1.54) is 29.5 Å². The van der Waals surface area contributed by atoms with Crippen LogP contribution in [0.2, 0.25) is 0 Å². The maximum absolute atomic E-state index is 13.5. The first-order valence-electron chi connectivity index (χ1n) is 5.09. The minimum Gasteiger partial charge on any atom is -0.396 e. The lowest BCUT2D eigenvalue weighted by Crippen LogP contribution is -2.15. The van der Waals surface area contributed by atoms with Crippen LogP contribution < -0.4 is 0 Å². The first-order chi connectivity index (χ1) is 8.20. The fourth-order valence-electron chi connectivity index (χ4n) is 1.64. The quantitative estimate of drug-likeness (QED) is 0.875. The molecule has 0 amide bonds. The van der Waals surface area contributed by atoms with Gasteiger partial charge >= 0.3 is 0 Å². The number of aliphatic hydroxyl groups excluding tert-OH is 1. The summed E-state index contributed by atoms with van der Waals surface area (Å²) in [6.07, 6.45) is 2.83. The van der Waals surface area contributed by atoms with Gasteiger partial charge in [-0.2, -0.15) is 5.10 Å². The van der Waals surface area contributed by atoms with E-state index in [9.17, 15) is 13.9 Å². The second-order valence-electron chi connectivity index (χ2n) is 3.66. The van der Waals surface area contributed by atoms with E-state index in [0.717, 1.165) is 6.07 Å². The maximum Gasteiger partial charge on any atom is 0.137 e. The molecule has 0 aliphatic rings. The topological polar surface area (TPSA) is 50.9 Å². The summed E-state index contributed by atoms with van der Waals surface area (Å²) in [5.41, 5.74) is 0.268. The summed E-state index contributed by atoms with van der Waals surface area (Å²) in [7, 11) is 0. The van der Waals surface area contributed by atoms with E-state index >= 15 is 0 Å².